The number of guanidine groups is 1. The highest BCUT2D eigenvalue weighted by atomic mass is 16.7. The van der Waals surface area contributed by atoms with Gasteiger partial charge in [0.15, 0.2) is 17.5 Å². The molecule has 0 bridgehead atoms. The van der Waals surface area contributed by atoms with E-state index in [-0.39, 0.29) is 6.79 Å². The Labute approximate surface area is 165 Å². The third kappa shape index (κ3) is 5.33. The van der Waals surface area contributed by atoms with Crippen LogP contribution in [0.25, 0.3) is 0 Å². The van der Waals surface area contributed by atoms with Crippen LogP contribution in [-0.2, 0) is 6.54 Å². The fourth-order valence-corrected chi connectivity index (χ4v) is 2.64. The first-order valence-corrected chi connectivity index (χ1v) is 9.08. The quantitative estimate of drug-likeness (QED) is 0.300. The molecular weight excluding hydrogens is 358 g/mol. The molecule has 0 atom stereocenters. The van der Waals surface area contributed by atoms with Crippen LogP contribution in [0.15, 0.2) is 60.1 Å². The van der Waals surface area contributed by atoms with Gasteiger partial charge in [-0.15, -0.1) is 0 Å². The Balaban J connectivity index is 1.42. The standard InChI is InChI=1S/C21H25N3O4/c1-3-11-26-18-7-5-4-6-16(18)14-24-21(22-2)23-10-12-25-17-8-9-19-20(13-17)28-15-27-19/h3-9,13H,1,10-12,14-15H2,2H3,(H2,22,23,24). The van der Waals surface area contributed by atoms with Crippen LogP contribution in [0, 0.1) is 0 Å². The minimum absolute atomic E-state index is 0.254. The molecule has 0 unspecified atom stereocenters. The number of rotatable bonds is 9. The van der Waals surface area contributed by atoms with E-state index >= 15 is 0 Å². The molecule has 1 aliphatic rings. The second-order valence-electron chi connectivity index (χ2n) is 5.92. The molecule has 7 heteroatoms. The van der Waals surface area contributed by atoms with Gasteiger partial charge in [-0.1, -0.05) is 30.9 Å². The summed E-state index contributed by atoms with van der Waals surface area (Å²) in [6.07, 6.45) is 1.73. The fraction of sp³-hybridized carbons (Fsp3) is 0.286. The van der Waals surface area contributed by atoms with Gasteiger partial charge in [0.1, 0.15) is 24.7 Å². The average molecular weight is 383 g/mol. The van der Waals surface area contributed by atoms with Crippen molar-refractivity contribution in [3.05, 3.63) is 60.7 Å². The summed E-state index contributed by atoms with van der Waals surface area (Å²) in [5.74, 6) is 3.71. The van der Waals surface area contributed by atoms with Gasteiger partial charge in [0, 0.05) is 25.2 Å². The number of fused-ring (bicyclic) bond motifs is 1. The van der Waals surface area contributed by atoms with Crippen LogP contribution in [-0.4, -0.2) is 39.6 Å². The highest BCUT2D eigenvalue weighted by Gasteiger charge is 2.13. The highest BCUT2D eigenvalue weighted by molar-refractivity contribution is 5.79. The van der Waals surface area contributed by atoms with Crippen molar-refractivity contribution in [2.45, 2.75) is 6.54 Å². The molecule has 2 aromatic rings. The molecule has 0 spiro atoms. The van der Waals surface area contributed by atoms with Crippen LogP contribution in [0.4, 0.5) is 0 Å². The average Bonchev–Trinajstić information content (AvgIpc) is 3.20. The Morgan fingerprint density at radius 1 is 1.14 bits per heavy atom. The lowest BCUT2D eigenvalue weighted by atomic mass is 10.2. The zero-order valence-corrected chi connectivity index (χ0v) is 15.9. The van der Waals surface area contributed by atoms with Crippen LogP contribution < -0.4 is 29.6 Å². The minimum atomic E-state index is 0.254. The first kappa shape index (κ1) is 19.4. The Morgan fingerprint density at radius 3 is 2.86 bits per heavy atom. The van der Waals surface area contributed by atoms with Crippen LogP contribution in [0.5, 0.6) is 23.0 Å². The molecule has 0 saturated heterocycles. The number of hydrogen-bond acceptors (Lipinski definition) is 5. The normalized spacial score (nSPS) is 12.4. The van der Waals surface area contributed by atoms with Gasteiger partial charge in [0.05, 0.1) is 6.54 Å². The van der Waals surface area contributed by atoms with Gasteiger partial charge in [-0.25, -0.2) is 0 Å². The summed E-state index contributed by atoms with van der Waals surface area (Å²) in [4.78, 5) is 4.23. The van der Waals surface area contributed by atoms with Gasteiger partial charge in [0.25, 0.3) is 0 Å². The first-order valence-electron chi connectivity index (χ1n) is 9.08. The topological polar surface area (TPSA) is 73.3 Å². The zero-order valence-electron chi connectivity index (χ0n) is 15.9. The fourth-order valence-electron chi connectivity index (χ4n) is 2.64. The molecule has 7 nitrogen and oxygen atoms in total. The van der Waals surface area contributed by atoms with Gasteiger partial charge in [-0.3, -0.25) is 4.99 Å². The maximum atomic E-state index is 5.74. The van der Waals surface area contributed by atoms with E-state index < -0.39 is 0 Å². The predicted octanol–water partition coefficient (Wildman–Crippen LogP) is 2.72. The Bertz CT molecular complexity index is 823. The van der Waals surface area contributed by atoms with Crippen LogP contribution in [0.2, 0.25) is 0 Å². The zero-order chi connectivity index (χ0) is 19.6. The number of nitrogens with one attached hydrogen (secondary N) is 2. The SMILES string of the molecule is C=CCOc1ccccc1CNC(=NC)NCCOc1ccc2c(c1)OCO2. The summed E-state index contributed by atoms with van der Waals surface area (Å²) >= 11 is 0. The molecule has 2 N–H and O–H groups in total. The van der Waals surface area contributed by atoms with E-state index in [1.807, 2.05) is 42.5 Å². The summed E-state index contributed by atoms with van der Waals surface area (Å²) in [5, 5.41) is 6.50. The van der Waals surface area contributed by atoms with Crippen molar-refractivity contribution in [2.24, 2.45) is 4.99 Å². The van der Waals surface area contributed by atoms with Crippen molar-refractivity contribution in [3.63, 3.8) is 0 Å². The molecule has 0 fully saturated rings. The first-order chi connectivity index (χ1) is 13.8. The number of hydrogen-bond donors (Lipinski definition) is 2. The van der Waals surface area contributed by atoms with Gasteiger partial charge < -0.3 is 29.6 Å². The van der Waals surface area contributed by atoms with E-state index in [4.69, 9.17) is 18.9 Å². The van der Waals surface area contributed by atoms with Gasteiger partial charge in [-0.2, -0.15) is 0 Å². The summed E-state index contributed by atoms with van der Waals surface area (Å²) in [6, 6.07) is 13.4. The minimum Gasteiger partial charge on any atom is -0.492 e. The van der Waals surface area contributed by atoms with Crippen LogP contribution >= 0.6 is 0 Å². The molecule has 1 aliphatic heterocycles. The second-order valence-corrected chi connectivity index (χ2v) is 5.92. The third-order valence-electron chi connectivity index (χ3n) is 4.01. The Kier molecular flexibility index (Phi) is 7.01. The van der Waals surface area contributed by atoms with E-state index in [0.717, 1.165) is 22.8 Å². The lowest BCUT2D eigenvalue weighted by molar-refractivity contribution is 0.173. The van der Waals surface area contributed by atoms with E-state index in [0.29, 0.717) is 38.0 Å². The summed E-state index contributed by atoms with van der Waals surface area (Å²) in [6.45, 7) is 6.08. The number of aliphatic imine (C=N–C) groups is 1. The van der Waals surface area contributed by atoms with E-state index in [1.165, 1.54) is 0 Å². The van der Waals surface area contributed by atoms with E-state index in [9.17, 15) is 0 Å². The molecule has 3 rings (SSSR count). The molecule has 1 heterocycles. The maximum Gasteiger partial charge on any atom is 0.231 e. The number of para-hydroxylation sites is 1. The molecule has 0 amide bonds. The number of benzene rings is 2. The maximum absolute atomic E-state index is 5.74. The monoisotopic (exact) mass is 383 g/mol. The highest BCUT2D eigenvalue weighted by Crippen LogP contribution is 2.34. The van der Waals surface area contributed by atoms with E-state index in [1.54, 1.807) is 13.1 Å². The smallest absolute Gasteiger partial charge is 0.231 e. The Hall–Kier alpha value is -3.35. The molecule has 148 valence electrons. The molecule has 0 aromatic heterocycles. The van der Waals surface area contributed by atoms with Crippen molar-refractivity contribution >= 4 is 5.96 Å². The summed E-state index contributed by atoms with van der Waals surface area (Å²) in [5.41, 5.74) is 1.05. The molecule has 0 saturated carbocycles. The lowest BCUT2D eigenvalue weighted by Crippen LogP contribution is -2.38. The molecule has 0 aliphatic carbocycles. The van der Waals surface area contributed by atoms with Gasteiger partial charge >= 0.3 is 0 Å². The number of nitrogens with zero attached hydrogens (tertiary/aromatic N) is 1. The van der Waals surface area contributed by atoms with Crippen molar-refractivity contribution in [1.82, 2.24) is 10.6 Å². The van der Waals surface area contributed by atoms with E-state index in [2.05, 4.69) is 22.2 Å². The lowest BCUT2D eigenvalue weighted by Gasteiger charge is -2.14. The molecular formula is C21H25N3O4. The van der Waals surface area contributed by atoms with Gasteiger partial charge in [-0.05, 0) is 18.2 Å². The third-order valence-corrected chi connectivity index (χ3v) is 4.01. The van der Waals surface area contributed by atoms with Crippen LogP contribution in [0.3, 0.4) is 0 Å². The van der Waals surface area contributed by atoms with Crippen molar-refractivity contribution in [3.8, 4) is 23.0 Å². The number of ether oxygens (including phenoxy) is 4. The van der Waals surface area contributed by atoms with Crippen LogP contribution in [0.1, 0.15) is 5.56 Å². The van der Waals surface area contributed by atoms with Crippen molar-refractivity contribution < 1.29 is 18.9 Å². The molecule has 28 heavy (non-hydrogen) atoms. The van der Waals surface area contributed by atoms with Crippen molar-refractivity contribution in [1.29, 1.82) is 0 Å². The van der Waals surface area contributed by atoms with Crippen molar-refractivity contribution in [2.75, 3.05) is 33.6 Å². The summed E-state index contributed by atoms with van der Waals surface area (Å²) < 4.78 is 22.1. The second kappa shape index (κ2) is 10.1. The largest absolute Gasteiger partial charge is 0.492 e. The summed E-state index contributed by atoms with van der Waals surface area (Å²) in [7, 11) is 1.73. The molecule has 0 radical (unpaired) electrons. The molecule has 2 aromatic carbocycles. The Morgan fingerprint density at radius 2 is 2.00 bits per heavy atom. The predicted molar refractivity (Wildman–Crippen MR) is 108 cm³/mol. The van der Waals surface area contributed by atoms with Gasteiger partial charge in [0.2, 0.25) is 6.79 Å².